The fourth-order valence-electron chi connectivity index (χ4n) is 0.792. The topological polar surface area (TPSA) is 0 Å². The molecule has 0 saturated heterocycles. The Balaban J connectivity index is 4.26. The zero-order valence-corrected chi connectivity index (χ0v) is 8.98. The van der Waals surface area contributed by atoms with E-state index in [-0.39, 0.29) is 0 Å². The molecule has 0 rings (SSSR count). The van der Waals surface area contributed by atoms with Crippen LogP contribution in [0.5, 0.6) is 0 Å². The summed E-state index contributed by atoms with van der Waals surface area (Å²) < 4.78 is 0.662. The number of halogens is 1. The molecular formula is C9H15ClS. The third-order valence-electron chi connectivity index (χ3n) is 1.56. The van der Waals surface area contributed by atoms with Crippen molar-refractivity contribution >= 4 is 23.4 Å². The summed E-state index contributed by atoms with van der Waals surface area (Å²) >= 11 is 7.27. The number of hydrogen-bond donors (Lipinski definition) is 0. The molecule has 0 radical (unpaired) electrons. The molecule has 0 fully saturated rings. The smallest absolute Gasteiger partial charge is 0.0707 e. The Morgan fingerprint density at radius 2 is 1.91 bits per heavy atom. The van der Waals surface area contributed by atoms with Crippen LogP contribution in [-0.2, 0) is 0 Å². The van der Waals surface area contributed by atoms with Crippen molar-refractivity contribution in [2.45, 2.75) is 33.6 Å². The molecule has 0 atom stereocenters. The molecule has 0 aliphatic heterocycles. The summed E-state index contributed by atoms with van der Waals surface area (Å²) in [5.74, 6) is 0. The van der Waals surface area contributed by atoms with Crippen LogP contribution < -0.4 is 0 Å². The summed E-state index contributed by atoms with van der Waals surface area (Å²) in [6.07, 6.45) is 2.15. The number of allylic oxidation sites excluding steroid dienone is 2. The van der Waals surface area contributed by atoms with Crippen LogP contribution in [0.25, 0.3) is 0 Å². The highest BCUT2D eigenvalue weighted by molar-refractivity contribution is 8.08. The third-order valence-corrected chi connectivity index (χ3v) is 2.90. The summed E-state index contributed by atoms with van der Waals surface area (Å²) in [6.45, 7) is 10.1. The third kappa shape index (κ3) is 4.54. The van der Waals surface area contributed by atoms with Crippen LogP contribution in [0, 0.1) is 0 Å². The van der Waals surface area contributed by atoms with E-state index in [1.807, 2.05) is 0 Å². The van der Waals surface area contributed by atoms with Crippen LogP contribution in [0.15, 0.2) is 21.4 Å². The van der Waals surface area contributed by atoms with E-state index in [1.165, 1.54) is 10.5 Å². The molecule has 64 valence electrons. The van der Waals surface area contributed by atoms with Gasteiger partial charge >= 0.3 is 0 Å². The van der Waals surface area contributed by atoms with Crippen LogP contribution >= 0.6 is 23.4 Å². The number of rotatable bonds is 4. The molecule has 0 aromatic rings. The minimum atomic E-state index is 0.662. The summed E-state index contributed by atoms with van der Waals surface area (Å²) in [5.41, 5.74) is 1.42. The van der Waals surface area contributed by atoms with Crippen molar-refractivity contribution in [3.8, 4) is 0 Å². The van der Waals surface area contributed by atoms with Gasteiger partial charge in [-0.3, -0.25) is 0 Å². The molecule has 0 unspecified atom stereocenters. The lowest BCUT2D eigenvalue weighted by molar-refractivity contribution is 1.04. The Bertz CT molecular complexity index is 170. The van der Waals surface area contributed by atoms with Gasteiger partial charge in [-0.25, -0.2) is 0 Å². The Morgan fingerprint density at radius 1 is 1.36 bits per heavy atom. The molecule has 11 heavy (non-hydrogen) atoms. The van der Waals surface area contributed by atoms with Gasteiger partial charge in [0.2, 0.25) is 0 Å². The largest absolute Gasteiger partial charge is 0.0829 e. The molecule has 0 bridgehead atoms. The standard InChI is InChI=1S/C9H15ClS/c1-5-7(3)9(6-2)11-8(4)10/h4-6H2,1-3H3/b9-7+. The van der Waals surface area contributed by atoms with Crippen molar-refractivity contribution in [1.82, 2.24) is 0 Å². The summed E-state index contributed by atoms with van der Waals surface area (Å²) in [6, 6.07) is 0. The normalized spacial score (nSPS) is 12.7. The lowest BCUT2D eigenvalue weighted by Crippen LogP contribution is -1.80. The van der Waals surface area contributed by atoms with Gasteiger partial charge in [0.1, 0.15) is 0 Å². The molecule has 0 saturated carbocycles. The molecule has 0 aromatic carbocycles. The quantitative estimate of drug-likeness (QED) is 0.628. The van der Waals surface area contributed by atoms with Gasteiger partial charge in [0, 0.05) is 0 Å². The Labute approximate surface area is 78.7 Å². The van der Waals surface area contributed by atoms with Crippen molar-refractivity contribution in [1.29, 1.82) is 0 Å². The maximum absolute atomic E-state index is 5.69. The molecule has 0 heterocycles. The van der Waals surface area contributed by atoms with Crippen molar-refractivity contribution in [2.24, 2.45) is 0 Å². The maximum atomic E-state index is 5.69. The van der Waals surface area contributed by atoms with E-state index in [4.69, 9.17) is 11.6 Å². The van der Waals surface area contributed by atoms with E-state index < -0.39 is 0 Å². The molecule has 0 aliphatic rings. The van der Waals surface area contributed by atoms with Crippen LogP contribution in [0.3, 0.4) is 0 Å². The number of hydrogen-bond acceptors (Lipinski definition) is 1. The Kier molecular flexibility index (Phi) is 5.79. The predicted molar refractivity (Wildman–Crippen MR) is 55.9 cm³/mol. The SMILES string of the molecule is C=C(Cl)S/C(CC)=C(\C)CC. The molecule has 0 spiro atoms. The lowest BCUT2D eigenvalue weighted by Gasteiger charge is -2.06. The number of thioether (sulfide) groups is 1. The van der Waals surface area contributed by atoms with Gasteiger partial charge in [-0.15, -0.1) is 0 Å². The molecule has 0 amide bonds. The van der Waals surface area contributed by atoms with Crippen molar-refractivity contribution in [3.63, 3.8) is 0 Å². The first-order valence-corrected chi connectivity index (χ1v) is 5.02. The van der Waals surface area contributed by atoms with Gasteiger partial charge in [-0.1, -0.05) is 49.4 Å². The maximum Gasteiger partial charge on any atom is 0.0707 e. The van der Waals surface area contributed by atoms with Gasteiger partial charge in [-0.2, -0.15) is 0 Å². The van der Waals surface area contributed by atoms with E-state index in [0.29, 0.717) is 4.36 Å². The van der Waals surface area contributed by atoms with Crippen LogP contribution in [-0.4, -0.2) is 0 Å². The second kappa shape index (κ2) is 5.73. The average molecular weight is 191 g/mol. The van der Waals surface area contributed by atoms with Crippen molar-refractivity contribution in [2.75, 3.05) is 0 Å². The first kappa shape index (κ1) is 11.1. The molecule has 0 aromatic heterocycles. The molecular weight excluding hydrogens is 176 g/mol. The minimum Gasteiger partial charge on any atom is -0.0829 e. The summed E-state index contributed by atoms with van der Waals surface area (Å²) in [4.78, 5) is 1.35. The predicted octanol–water partition coefficient (Wildman–Crippen LogP) is 4.52. The monoisotopic (exact) mass is 190 g/mol. The van der Waals surface area contributed by atoms with Crippen LogP contribution in [0.2, 0.25) is 0 Å². The fourth-order valence-corrected chi connectivity index (χ4v) is 1.80. The first-order valence-electron chi connectivity index (χ1n) is 3.82. The minimum absolute atomic E-state index is 0.662. The second-order valence-electron chi connectivity index (χ2n) is 2.37. The summed E-state index contributed by atoms with van der Waals surface area (Å²) in [7, 11) is 0. The van der Waals surface area contributed by atoms with Crippen molar-refractivity contribution < 1.29 is 0 Å². The Morgan fingerprint density at radius 3 is 2.18 bits per heavy atom. The van der Waals surface area contributed by atoms with E-state index >= 15 is 0 Å². The van der Waals surface area contributed by atoms with Gasteiger partial charge in [0.25, 0.3) is 0 Å². The van der Waals surface area contributed by atoms with Crippen LogP contribution in [0.1, 0.15) is 33.6 Å². The fraction of sp³-hybridized carbons (Fsp3) is 0.556. The average Bonchev–Trinajstić information content (AvgIpc) is 1.98. The highest BCUT2D eigenvalue weighted by atomic mass is 35.5. The lowest BCUT2D eigenvalue weighted by atomic mass is 10.2. The van der Waals surface area contributed by atoms with Crippen molar-refractivity contribution in [3.05, 3.63) is 21.4 Å². The molecule has 2 heteroatoms. The van der Waals surface area contributed by atoms with Crippen LogP contribution in [0.4, 0.5) is 0 Å². The zero-order chi connectivity index (χ0) is 8.85. The second-order valence-corrected chi connectivity index (χ2v) is 4.24. The van der Waals surface area contributed by atoms with Gasteiger partial charge in [0.15, 0.2) is 0 Å². The highest BCUT2D eigenvalue weighted by Crippen LogP contribution is 2.32. The van der Waals surface area contributed by atoms with Gasteiger partial charge < -0.3 is 0 Å². The first-order chi connectivity index (χ1) is 5.11. The van der Waals surface area contributed by atoms with Gasteiger partial charge in [0.05, 0.1) is 4.36 Å². The molecule has 0 nitrogen and oxygen atoms in total. The van der Waals surface area contributed by atoms with E-state index in [1.54, 1.807) is 11.8 Å². The van der Waals surface area contributed by atoms with Gasteiger partial charge in [-0.05, 0) is 24.7 Å². The zero-order valence-electron chi connectivity index (χ0n) is 7.41. The van der Waals surface area contributed by atoms with E-state index in [9.17, 15) is 0 Å². The van der Waals surface area contributed by atoms with E-state index in [2.05, 4.69) is 27.4 Å². The van der Waals surface area contributed by atoms with E-state index in [0.717, 1.165) is 12.8 Å². The molecule has 0 N–H and O–H groups in total. The summed E-state index contributed by atoms with van der Waals surface area (Å²) in [5, 5.41) is 0. The highest BCUT2D eigenvalue weighted by Gasteiger charge is 2.00. The molecule has 0 aliphatic carbocycles. The Hall–Kier alpha value is 0.120.